The lowest BCUT2D eigenvalue weighted by molar-refractivity contribution is 0.0985. The molecule has 0 fully saturated rings. The van der Waals surface area contributed by atoms with Gasteiger partial charge in [0.2, 0.25) is 0 Å². The summed E-state index contributed by atoms with van der Waals surface area (Å²) in [7, 11) is 5.69. The number of methoxy groups -OCH3 is 1. The van der Waals surface area contributed by atoms with Crippen molar-refractivity contribution in [1.29, 1.82) is 0 Å². The molecule has 0 aliphatic carbocycles. The molecule has 2 aromatic carbocycles. The fraction of sp³-hybridized carbons (Fsp3) is 0.364. The average molecular weight is 398 g/mol. The quantitative estimate of drug-likeness (QED) is 0.588. The van der Waals surface area contributed by atoms with Gasteiger partial charge in [-0.1, -0.05) is 23.5 Å². The Bertz CT molecular complexity index is 981. The molecular weight excluding hydrogens is 370 g/mol. The van der Waals surface area contributed by atoms with Gasteiger partial charge in [0.15, 0.2) is 5.13 Å². The molecule has 0 radical (unpaired) electrons. The average Bonchev–Trinajstić information content (AvgIpc) is 3.08. The van der Waals surface area contributed by atoms with Crippen molar-refractivity contribution < 1.29 is 9.53 Å². The van der Waals surface area contributed by atoms with Crippen LogP contribution in [-0.4, -0.2) is 50.1 Å². The van der Waals surface area contributed by atoms with Crippen LogP contribution in [0.3, 0.4) is 0 Å². The van der Waals surface area contributed by atoms with Crippen molar-refractivity contribution in [3.05, 3.63) is 53.1 Å². The van der Waals surface area contributed by atoms with Crippen LogP contribution >= 0.6 is 11.3 Å². The zero-order valence-corrected chi connectivity index (χ0v) is 18.0. The summed E-state index contributed by atoms with van der Waals surface area (Å²) in [4.78, 5) is 22.1. The SMILES string of the molecule is COc1cccc(C(=O)N(CCCN(C)C)c2nc3cc(C)cc(C)c3s2)c1. The van der Waals surface area contributed by atoms with Crippen molar-refractivity contribution in [3.8, 4) is 5.75 Å². The van der Waals surface area contributed by atoms with Gasteiger partial charge in [-0.05, 0) is 76.3 Å². The second-order valence-electron chi connectivity index (χ2n) is 7.27. The largest absolute Gasteiger partial charge is 0.497 e. The Hall–Kier alpha value is -2.44. The van der Waals surface area contributed by atoms with Crippen molar-refractivity contribution in [2.24, 2.45) is 0 Å². The molecule has 0 saturated heterocycles. The van der Waals surface area contributed by atoms with E-state index in [1.54, 1.807) is 29.4 Å². The summed E-state index contributed by atoms with van der Waals surface area (Å²) in [5.41, 5.74) is 3.94. The normalized spacial score (nSPS) is 11.2. The van der Waals surface area contributed by atoms with E-state index in [0.717, 1.165) is 28.3 Å². The molecule has 0 atom stereocenters. The molecule has 0 aliphatic heterocycles. The highest BCUT2D eigenvalue weighted by Gasteiger charge is 2.22. The number of ether oxygens (including phenoxy) is 1. The zero-order valence-electron chi connectivity index (χ0n) is 17.2. The fourth-order valence-corrected chi connectivity index (χ4v) is 4.26. The minimum Gasteiger partial charge on any atom is -0.497 e. The molecule has 3 aromatic rings. The Morgan fingerprint density at radius 1 is 1.14 bits per heavy atom. The second kappa shape index (κ2) is 8.71. The van der Waals surface area contributed by atoms with Crippen LogP contribution in [0.15, 0.2) is 36.4 Å². The Morgan fingerprint density at radius 2 is 1.93 bits per heavy atom. The number of nitrogens with zero attached hydrogens (tertiary/aromatic N) is 3. The molecule has 0 aliphatic rings. The topological polar surface area (TPSA) is 45.7 Å². The van der Waals surface area contributed by atoms with E-state index in [4.69, 9.17) is 9.72 Å². The monoisotopic (exact) mass is 397 g/mol. The first-order valence-electron chi connectivity index (χ1n) is 9.37. The van der Waals surface area contributed by atoms with Crippen molar-refractivity contribution >= 4 is 32.6 Å². The summed E-state index contributed by atoms with van der Waals surface area (Å²) in [6.07, 6.45) is 0.872. The van der Waals surface area contributed by atoms with Gasteiger partial charge in [0.25, 0.3) is 5.91 Å². The summed E-state index contributed by atoms with van der Waals surface area (Å²) in [6, 6.07) is 11.5. The Balaban J connectivity index is 1.98. The Labute approximate surface area is 170 Å². The van der Waals surface area contributed by atoms with Gasteiger partial charge in [-0.25, -0.2) is 4.98 Å². The number of carbonyl (C=O) groups excluding carboxylic acids is 1. The number of rotatable bonds is 7. The van der Waals surface area contributed by atoms with Gasteiger partial charge in [-0.2, -0.15) is 0 Å². The lowest BCUT2D eigenvalue weighted by Gasteiger charge is -2.21. The minimum absolute atomic E-state index is 0.0499. The van der Waals surface area contributed by atoms with Gasteiger partial charge in [0.05, 0.1) is 17.3 Å². The maximum Gasteiger partial charge on any atom is 0.260 e. The van der Waals surface area contributed by atoms with Gasteiger partial charge in [0.1, 0.15) is 5.75 Å². The van der Waals surface area contributed by atoms with Gasteiger partial charge in [-0.15, -0.1) is 0 Å². The molecule has 6 heteroatoms. The van der Waals surface area contributed by atoms with Gasteiger partial charge in [-0.3, -0.25) is 9.69 Å². The van der Waals surface area contributed by atoms with Gasteiger partial charge in [0, 0.05) is 12.1 Å². The fourth-order valence-electron chi connectivity index (χ4n) is 3.22. The molecule has 5 nitrogen and oxygen atoms in total. The first-order chi connectivity index (χ1) is 13.4. The van der Waals surface area contributed by atoms with E-state index >= 15 is 0 Å². The van der Waals surface area contributed by atoms with Crippen LogP contribution in [-0.2, 0) is 0 Å². The van der Waals surface area contributed by atoms with Crippen LogP contribution in [0.4, 0.5) is 5.13 Å². The van der Waals surface area contributed by atoms with Crippen LogP contribution in [0.25, 0.3) is 10.2 Å². The number of benzene rings is 2. The number of fused-ring (bicyclic) bond motifs is 1. The maximum atomic E-state index is 13.3. The van der Waals surface area contributed by atoms with Crippen molar-refractivity contribution in [1.82, 2.24) is 9.88 Å². The highest BCUT2D eigenvalue weighted by atomic mass is 32.1. The van der Waals surface area contributed by atoms with E-state index < -0.39 is 0 Å². The number of anilines is 1. The third-order valence-corrected chi connectivity index (χ3v) is 5.82. The molecule has 0 bridgehead atoms. The third-order valence-electron chi connectivity index (χ3n) is 4.59. The summed E-state index contributed by atoms with van der Waals surface area (Å²) >= 11 is 1.58. The minimum atomic E-state index is -0.0499. The number of thiazole rings is 1. The van der Waals surface area contributed by atoms with Crippen molar-refractivity contribution in [2.45, 2.75) is 20.3 Å². The number of aryl methyl sites for hydroxylation is 2. The smallest absolute Gasteiger partial charge is 0.260 e. The number of carbonyl (C=O) groups is 1. The maximum absolute atomic E-state index is 13.3. The van der Waals surface area contributed by atoms with Crippen molar-refractivity contribution in [2.75, 3.05) is 39.2 Å². The van der Waals surface area contributed by atoms with Crippen molar-refractivity contribution in [3.63, 3.8) is 0 Å². The number of amides is 1. The summed E-state index contributed by atoms with van der Waals surface area (Å²) in [5, 5.41) is 0.746. The lowest BCUT2D eigenvalue weighted by atomic mass is 10.1. The second-order valence-corrected chi connectivity index (χ2v) is 8.25. The summed E-state index contributed by atoms with van der Waals surface area (Å²) in [5.74, 6) is 0.626. The van der Waals surface area contributed by atoms with E-state index in [2.05, 4.69) is 30.9 Å². The van der Waals surface area contributed by atoms with Crippen LogP contribution < -0.4 is 9.64 Å². The van der Waals surface area contributed by atoms with Crippen LogP contribution in [0.1, 0.15) is 27.9 Å². The predicted molar refractivity (Wildman–Crippen MR) is 117 cm³/mol. The van der Waals surface area contributed by atoms with E-state index in [1.807, 2.05) is 32.3 Å². The lowest BCUT2D eigenvalue weighted by Crippen LogP contribution is -2.33. The molecule has 1 aromatic heterocycles. The van der Waals surface area contributed by atoms with Crippen LogP contribution in [0.5, 0.6) is 5.75 Å². The highest BCUT2D eigenvalue weighted by Crippen LogP contribution is 2.33. The number of hydrogen-bond acceptors (Lipinski definition) is 5. The predicted octanol–water partition coefficient (Wildman–Crippen LogP) is 4.52. The van der Waals surface area contributed by atoms with Gasteiger partial charge >= 0.3 is 0 Å². The molecule has 0 spiro atoms. The highest BCUT2D eigenvalue weighted by molar-refractivity contribution is 7.22. The van der Waals surface area contributed by atoms with E-state index in [9.17, 15) is 4.79 Å². The van der Waals surface area contributed by atoms with E-state index in [-0.39, 0.29) is 5.91 Å². The number of hydrogen-bond donors (Lipinski definition) is 0. The molecule has 3 rings (SSSR count). The molecule has 148 valence electrons. The Kier molecular flexibility index (Phi) is 6.31. The molecule has 28 heavy (non-hydrogen) atoms. The Morgan fingerprint density at radius 3 is 2.64 bits per heavy atom. The molecular formula is C22H27N3O2S. The molecule has 1 amide bonds. The van der Waals surface area contributed by atoms with Crippen LogP contribution in [0.2, 0.25) is 0 Å². The van der Waals surface area contributed by atoms with Crippen LogP contribution in [0, 0.1) is 13.8 Å². The first-order valence-corrected chi connectivity index (χ1v) is 10.2. The van der Waals surface area contributed by atoms with E-state index in [0.29, 0.717) is 17.9 Å². The zero-order chi connectivity index (χ0) is 20.3. The van der Waals surface area contributed by atoms with E-state index in [1.165, 1.54) is 11.1 Å². The molecule has 0 N–H and O–H groups in total. The molecule has 0 unspecified atom stereocenters. The summed E-state index contributed by atoms with van der Waals surface area (Å²) < 4.78 is 6.43. The molecule has 1 heterocycles. The standard InChI is InChI=1S/C22H27N3O2S/c1-15-12-16(2)20-19(13-15)23-22(28-20)25(11-7-10-24(3)4)21(26)17-8-6-9-18(14-17)27-5/h6,8-9,12-14H,7,10-11H2,1-5H3. The molecule has 0 saturated carbocycles. The third kappa shape index (κ3) is 4.51. The van der Waals surface area contributed by atoms with Gasteiger partial charge < -0.3 is 9.64 Å². The summed E-state index contributed by atoms with van der Waals surface area (Å²) in [6.45, 7) is 5.69. The number of aromatic nitrogens is 1. The first kappa shape index (κ1) is 20.3.